The number of carboxylic acid groups (broad SMARTS) is 1. The van der Waals surface area contributed by atoms with Gasteiger partial charge in [0.1, 0.15) is 11.9 Å². The van der Waals surface area contributed by atoms with Crippen molar-refractivity contribution in [1.82, 2.24) is 20.2 Å². The minimum absolute atomic E-state index is 0.145. The van der Waals surface area contributed by atoms with E-state index in [-0.39, 0.29) is 23.6 Å². The van der Waals surface area contributed by atoms with Crippen LogP contribution in [0.3, 0.4) is 0 Å². The van der Waals surface area contributed by atoms with Gasteiger partial charge in [-0.3, -0.25) is 9.69 Å². The Kier molecular flexibility index (Phi) is 11.1. The molecular formula is C39H55FN4O2. The Morgan fingerprint density at radius 1 is 0.978 bits per heavy atom. The fourth-order valence-electron chi connectivity index (χ4n) is 9.19. The second-order valence-corrected chi connectivity index (χ2v) is 14.5. The summed E-state index contributed by atoms with van der Waals surface area (Å²) >= 11 is 0. The van der Waals surface area contributed by atoms with Gasteiger partial charge in [-0.05, 0) is 106 Å². The van der Waals surface area contributed by atoms with Gasteiger partial charge < -0.3 is 15.0 Å². The predicted molar refractivity (Wildman–Crippen MR) is 183 cm³/mol. The molecule has 2 N–H and O–H groups in total. The van der Waals surface area contributed by atoms with Crippen LogP contribution >= 0.6 is 0 Å². The monoisotopic (exact) mass is 630 g/mol. The summed E-state index contributed by atoms with van der Waals surface area (Å²) < 4.78 is 14.4. The van der Waals surface area contributed by atoms with E-state index < -0.39 is 12.0 Å². The zero-order valence-electron chi connectivity index (χ0n) is 28.0. The molecule has 3 heterocycles. The number of rotatable bonds is 12. The highest BCUT2D eigenvalue weighted by Crippen LogP contribution is 2.40. The summed E-state index contributed by atoms with van der Waals surface area (Å²) in [6.07, 6.45) is 11.0. The number of likely N-dealkylation sites (tertiary alicyclic amines) is 2. The number of nitrogens with one attached hydrogen (secondary N) is 1. The molecule has 1 saturated carbocycles. The fourth-order valence-corrected chi connectivity index (χ4v) is 9.19. The van der Waals surface area contributed by atoms with Crippen molar-refractivity contribution in [2.24, 2.45) is 17.8 Å². The average Bonchev–Trinajstić information content (AvgIpc) is 3.61. The van der Waals surface area contributed by atoms with E-state index in [1.165, 1.54) is 18.1 Å². The van der Waals surface area contributed by atoms with Crippen molar-refractivity contribution < 1.29 is 14.3 Å². The maximum atomic E-state index is 14.4. The normalized spacial score (nSPS) is 26.2. The Morgan fingerprint density at radius 3 is 2.43 bits per heavy atom. The molecule has 1 aliphatic carbocycles. The van der Waals surface area contributed by atoms with Crippen molar-refractivity contribution in [1.29, 1.82) is 0 Å². The van der Waals surface area contributed by atoms with Crippen LogP contribution in [0.5, 0.6) is 0 Å². The third kappa shape index (κ3) is 7.69. The van der Waals surface area contributed by atoms with Crippen LogP contribution in [0.4, 0.5) is 4.39 Å². The average molecular weight is 631 g/mol. The first-order chi connectivity index (χ1) is 22.4. The molecule has 0 radical (unpaired) electrons. The zero-order valence-corrected chi connectivity index (χ0v) is 28.0. The van der Waals surface area contributed by atoms with E-state index in [0.717, 1.165) is 96.1 Å². The van der Waals surface area contributed by atoms with Gasteiger partial charge in [-0.25, -0.2) is 9.82 Å². The van der Waals surface area contributed by atoms with Gasteiger partial charge in [-0.15, -0.1) is 0 Å². The summed E-state index contributed by atoms with van der Waals surface area (Å²) in [6, 6.07) is 17.8. The van der Waals surface area contributed by atoms with Crippen molar-refractivity contribution in [2.45, 2.75) is 96.1 Å². The number of benzene rings is 2. The highest BCUT2D eigenvalue weighted by atomic mass is 19.1. The summed E-state index contributed by atoms with van der Waals surface area (Å²) in [6.45, 7) is 10.1. The molecule has 4 aliphatic rings. The number of nitrogens with zero attached hydrogens (tertiary/aromatic N) is 3. The van der Waals surface area contributed by atoms with E-state index in [4.69, 9.17) is 0 Å². The van der Waals surface area contributed by atoms with E-state index in [9.17, 15) is 14.3 Å². The van der Waals surface area contributed by atoms with E-state index >= 15 is 0 Å². The van der Waals surface area contributed by atoms with Gasteiger partial charge in [0.15, 0.2) is 0 Å². The third-order valence-electron chi connectivity index (χ3n) is 11.4. The van der Waals surface area contributed by atoms with Crippen LogP contribution in [0, 0.1) is 23.6 Å². The van der Waals surface area contributed by atoms with E-state index in [1.54, 1.807) is 17.3 Å². The Hall–Kier alpha value is -2.74. The van der Waals surface area contributed by atoms with Crippen molar-refractivity contribution in [3.8, 4) is 0 Å². The number of hydrogen-bond donors (Lipinski definition) is 2. The number of carbonyl (C=O) groups is 1. The largest absolute Gasteiger partial charge is 0.480 e. The van der Waals surface area contributed by atoms with Gasteiger partial charge in [-0.2, -0.15) is 0 Å². The van der Waals surface area contributed by atoms with Crippen LogP contribution in [0.2, 0.25) is 0 Å². The number of hydrazine groups is 1. The quantitative estimate of drug-likeness (QED) is 0.261. The van der Waals surface area contributed by atoms with Crippen molar-refractivity contribution in [3.05, 3.63) is 82.8 Å². The van der Waals surface area contributed by atoms with E-state index in [2.05, 4.69) is 64.4 Å². The molecule has 46 heavy (non-hydrogen) atoms. The van der Waals surface area contributed by atoms with Crippen molar-refractivity contribution in [3.63, 3.8) is 0 Å². The van der Waals surface area contributed by atoms with Gasteiger partial charge >= 0.3 is 5.97 Å². The molecule has 250 valence electrons. The van der Waals surface area contributed by atoms with Gasteiger partial charge in [0, 0.05) is 49.8 Å². The molecule has 4 atom stereocenters. The molecule has 7 heteroatoms. The minimum Gasteiger partial charge on any atom is -0.480 e. The number of allylic oxidation sites excluding steroid dienone is 1. The lowest BCUT2D eigenvalue weighted by atomic mass is 9.83. The molecule has 2 saturated heterocycles. The molecule has 2 aromatic carbocycles. The van der Waals surface area contributed by atoms with E-state index in [0.29, 0.717) is 18.5 Å². The molecular weight excluding hydrogens is 575 g/mol. The maximum absolute atomic E-state index is 14.4. The van der Waals surface area contributed by atoms with Crippen LogP contribution in [0.1, 0.15) is 88.7 Å². The number of aliphatic carboxylic acids is 1. The molecule has 0 bridgehead atoms. The number of carboxylic acids is 1. The summed E-state index contributed by atoms with van der Waals surface area (Å²) in [5, 5.41) is 12.9. The molecule has 3 fully saturated rings. The fraction of sp³-hybridized carbons (Fsp3) is 0.615. The Morgan fingerprint density at radius 2 is 1.74 bits per heavy atom. The molecule has 6 nitrogen and oxygen atoms in total. The molecule has 0 amide bonds. The minimum atomic E-state index is -0.682. The molecule has 1 unspecified atom stereocenters. The second kappa shape index (κ2) is 15.4. The second-order valence-electron chi connectivity index (χ2n) is 14.5. The van der Waals surface area contributed by atoms with Crippen LogP contribution in [0.15, 0.2) is 65.9 Å². The first-order valence-electron chi connectivity index (χ1n) is 18.2. The van der Waals surface area contributed by atoms with Crippen LogP contribution in [-0.2, 0) is 11.2 Å². The lowest BCUT2D eigenvalue weighted by molar-refractivity contribution is -0.145. The van der Waals surface area contributed by atoms with Crippen LogP contribution in [0.25, 0.3) is 0 Å². The van der Waals surface area contributed by atoms with Gasteiger partial charge in [0.05, 0.1) is 0 Å². The molecule has 2 aromatic rings. The molecule has 3 aliphatic heterocycles. The van der Waals surface area contributed by atoms with Gasteiger partial charge in [0.25, 0.3) is 0 Å². The SMILES string of the molecule is CCCN1NC(C)C(CCc2ccccc2)=C1C1CCN(C[C@H]2CN([C@@H](C(=O)O)C3CCCCC3)C[C@@H]2c2cccc(F)c2)CC1. The van der Waals surface area contributed by atoms with Crippen LogP contribution in [-0.4, -0.2) is 77.2 Å². The van der Waals surface area contributed by atoms with Crippen molar-refractivity contribution >= 4 is 5.97 Å². The summed E-state index contributed by atoms with van der Waals surface area (Å²) in [7, 11) is 0. The highest BCUT2D eigenvalue weighted by Gasteiger charge is 2.44. The lowest BCUT2D eigenvalue weighted by Gasteiger charge is -2.37. The van der Waals surface area contributed by atoms with E-state index in [1.807, 2.05) is 12.1 Å². The van der Waals surface area contributed by atoms with Crippen molar-refractivity contribution in [2.75, 3.05) is 39.3 Å². The first kappa shape index (κ1) is 33.2. The van der Waals surface area contributed by atoms with Crippen LogP contribution < -0.4 is 5.43 Å². The number of piperidine rings is 1. The third-order valence-corrected chi connectivity index (χ3v) is 11.4. The molecule has 0 aromatic heterocycles. The summed E-state index contributed by atoms with van der Waals surface area (Å²) in [5.74, 6) is 0.309. The zero-order chi connectivity index (χ0) is 32.0. The number of hydrogen-bond acceptors (Lipinski definition) is 5. The van der Waals surface area contributed by atoms with Gasteiger partial charge in [-0.1, -0.05) is 68.7 Å². The Balaban J connectivity index is 1.15. The molecule has 6 rings (SSSR count). The smallest absolute Gasteiger partial charge is 0.321 e. The lowest BCUT2D eigenvalue weighted by Crippen LogP contribution is -2.46. The maximum Gasteiger partial charge on any atom is 0.321 e. The summed E-state index contributed by atoms with van der Waals surface area (Å²) in [4.78, 5) is 17.5. The predicted octanol–water partition coefficient (Wildman–Crippen LogP) is 7.09. The Labute approximate surface area is 276 Å². The number of halogens is 1. The van der Waals surface area contributed by atoms with Gasteiger partial charge in [0.2, 0.25) is 0 Å². The topological polar surface area (TPSA) is 59.0 Å². The molecule has 0 spiro atoms. The number of aryl methyl sites for hydroxylation is 1. The standard InChI is InChI=1S/C39H55FN4O2/c1-3-21-44-37(35(28(2)41-44)18-17-29-11-6-4-7-12-29)31-19-22-42(23-20-31)25-33-26-43(27-36(33)32-15-10-16-34(40)24-32)38(39(45)46)30-13-8-5-9-14-30/h4,6-7,10-12,15-16,24,28,30-31,33,36,38,41H,3,5,8-9,13-14,17-23,25-27H2,1-2H3,(H,45,46)/t28?,33-,36+,38+/m0/s1. The Bertz CT molecular complexity index is 1320. The summed E-state index contributed by atoms with van der Waals surface area (Å²) in [5.41, 5.74) is 9.35. The first-order valence-corrected chi connectivity index (χ1v) is 18.2. The highest BCUT2D eigenvalue weighted by molar-refractivity contribution is 5.74.